The molecule has 1 N–H and O–H groups in total. The molecular formula is C22H15ClF4N2O3. The minimum atomic E-state index is -4.90. The number of hydrogen-bond donors (Lipinski definition) is 1. The number of carboxylic acids is 1. The number of benzene rings is 1. The first-order chi connectivity index (χ1) is 15.1. The van der Waals surface area contributed by atoms with E-state index < -0.39 is 40.2 Å². The highest BCUT2D eigenvalue weighted by molar-refractivity contribution is 6.34. The second-order valence-corrected chi connectivity index (χ2v) is 7.77. The van der Waals surface area contributed by atoms with Crippen LogP contribution in [0.2, 0.25) is 5.02 Å². The Hall–Kier alpha value is -3.20. The summed E-state index contributed by atoms with van der Waals surface area (Å²) in [7, 11) is 0. The lowest BCUT2D eigenvalue weighted by Crippen LogP contribution is -2.22. The summed E-state index contributed by atoms with van der Waals surface area (Å²) in [5, 5.41) is 8.66. The van der Waals surface area contributed by atoms with Gasteiger partial charge in [0.25, 0.3) is 5.91 Å². The lowest BCUT2D eigenvalue weighted by molar-refractivity contribution is -0.141. The number of alkyl halides is 3. The molecule has 32 heavy (non-hydrogen) atoms. The van der Waals surface area contributed by atoms with Gasteiger partial charge in [-0.1, -0.05) is 17.7 Å². The smallest absolute Gasteiger partial charge is 0.434 e. The van der Waals surface area contributed by atoms with Gasteiger partial charge in [-0.25, -0.2) is 9.18 Å². The molecule has 5 nitrogen and oxygen atoms in total. The fraction of sp³-hybridized carbons (Fsp3) is 0.227. The van der Waals surface area contributed by atoms with E-state index in [4.69, 9.17) is 16.7 Å². The Bertz CT molecular complexity index is 1250. The van der Waals surface area contributed by atoms with Gasteiger partial charge in [-0.2, -0.15) is 13.2 Å². The molecule has 0 spiro atoms. The van der Waals surface area contributed by atoms with Crippen LogP contribution in [0.1, 0.15) is 50.5 Å². The van der Waals surface area contributed by atoms with Crippen molar-refractivity contribution in [1.29, 1.82) is 0 Å². The van der Waals surface area contributed by atoms with Gasteiger partial charge in [-0.15, -0.1) is 0 Å². The van der Waals surface area contributed by atoms with Crippen molar-refractivity contribution >= 4 is 23.5 Å². The van der Waals surface area contributed by atoms with E-state index in [0.29, 0.717) is 36.1 Å². The maximum absolute atomic E-state index is 14.7. The molecule has 0 radical (unpaired) electrons. The normalized spacial score (nSPS) is 13.7. The van der Waals surface area contributed by atoms with Gasteiger partial charge >= 0.3 is 12.1 Å². The molecule has 0 saturated carbocycles. The van der Waals surface area contributed by atoms with Crippen LogP contribution in [-0.2, 0) is 19.0 Å². The van der Waals surface area contributed by atoms with Gasteiger partial charge in [0.1, 0.15) is 5.82 Å². The predicted octanol–water partition coefficient (Wildman–Crippen LogP) is 5.63. The number of fused-ring (bicyclic) bond motifs is 1. The van der Waals surface area contributed by atoms with Crippen LogP contribution in [0.4, 0.5) is 17.6 Å². The molecule has 2 aromatic heterocycles. The molecule has 0 fully saturated rings. The van der Waals surface area contributed by atoms with Gasteiger partial charge in [0, 0.05) is 29.2 Å². The largest absolute Gasteiger partial charge is 0.478 e. The van der Waals surface area contributed by atoms with E-state index >= 15 is 0 Å². The number of nitrogens with zero attached hydrogens (tertiary/aromatic N) is 2. The van der Waals surface area contributed by atoms with Crippen molar-refractivity contribution in [3.63, 3.8) is 0 Å². The highest BCUT2D eigenvalue weighted by Crippen LogP contribution is 2.38. The molecule has 0 bridgehead atoms. The van der Waals surface area contributed by atoms with E-state index in [1.54, 1.807) is 0 Å². The maximum atomic E-state index is 14.7. The molecule has 2 heterocycles. The Morgan fingerprint density at radius 1 is 1.09 bits per heavy atom. The summed E-state index contributed by atoms with van der Waals surface area (Å²) in [6, 6.07) is 4.49. The van der Waals surface area contributed by atoms with Crippen LogP contribution >= 0.6 is 11.6 Å². The van der Waals surface area contributed by atoms with Crippen molar-refractivity contribution in [2.45, 2.75) is 31.9 Å². The lowest BCUT2D eigenvalue weighted by atomic mass is 9.92. The first kappa shape index (κ1) is 22.0. The summed E-state index contributed by atoms with van der Waals surface area (Å²) >= 11 is 5.97. The number of rotatable bonds is 3. The van der Waals surface area contributed by atoms with Crippen LogP contribution in [0, 0.1) is 5.82 Å². The molecule has 1 aliphatic rings. The number of halogens is 5. The summed E-state index contributed by atoms with van der Waals surface area (Å²) in [5.74, 6) is -3.11. The standard InChI is InChI=1S/C22H15ClF4N2O3/c23-15-7-8-28-19(22(25,26)27)18(15)20(30)29-10-14(13-3-1-2-4-17(13)29)12-6-5-11(21(31)32)9-16(12)24/h5-10H,1-4H2,(H,31,32). The third-order valence-electron chi connectivity index (χ3n) is 5.42. The Morgan fingerprint density at radius 2 is 1.81 bits per heavy atom. The molecular weight excluding hydrogens is 452 g/mol. The van der Waals surface area contributed by atoms with Gasteiger partial charge in [0.2, 0.25) is 0 Å². The van der Waals surface area contributed by atoms with E-state index in [9.17, 15) is 27.2 Å². The zero-order chi connectivity index (χ0) is 23.2. The number of carbonyl (C=O) groups is 2. The summed E-state index contributed by atoms with van der Waals surface area (Å²) in [6.45, 7) is 0. The molecule has 0 amide bonds. The maximum Gasteiger partial charge on any atom is 0.434 e. The Balaban J connectivity index is 1.90. The highest BCUT2D eigenvalue weighted by Gasteiger charge is 2.39. The average Bonchev–Trinajstić information content (AvgIpc) is 3.12. The molecule has 3 aromatic rings. The number of aromatic carboxylic acids is 1. The second kappa shape index (κ2) is 8.05. The Morgan fingerprint density at radius 3 is 2.47 bits per heavy atom. The van der Waals surface area contributed by atoms with Crippen molar-refractivity contribution in [2.24, 2.45) is 0 Å². The van der Waals surface area contributed by atoms with E-state index in [-0.39, 0.29) is 11.1 Å². The van der Waals surface area contributed by atoms with Crippen molar-refractivity contribution in [3.05, 3.63) is 75.6 Å². The van der Waals surface area contributed by atoms with Crippen LogP contribution < -0.4 is 0 Å². The molecule has 0 saturated heterocycles. The number of pyridine rings is 1. The fourth-order valence-electron chi connectivity index (χ4n) is 3.99. The number of aromatic nitrogens is 2. The third kappa shape index (κ3) is 3.77. The van der Waals surface area contributed by atoms with Crippen LogP contribution in [0.25, 0.3) is 11.1 Å². The van der Waals surface area contributed by atoms with Gasteiger partial charge < -0.3 is 5.11 Å². The monoisotopic (exact) mass is 466 g/mol. The minimum absolute atomic E-state index is 0.0630. The van der Waals surface area contributed by atoms with Gasteiger partial charge in [-0.3, -0.25) is 14.3 Å². The molecule has 0 unspecified atom stereocenters. The summed E-state index contributed by atoms with van der Waals surface area (Å²) in [6.07, 6.45) is -0.359. The number of carboxylic acid groups (broad SMARTS) is 1. The summed E-state index contributed by atoms with van der Waals surface area (Å²) in [4.78, 5) is 27.7. The van der Waals surface area contributed by atoms with Crippen molar-refractivity contribution < 1.29 is 32.3 Å². The van der Waals surface area contributed by atoms with Crippen LogP contribution in [0.3, 0.4) is 0 Å². The third-order valence-corrected chi connectivity index (χ3v) is 5.74. The minimum Gasteiger partial charge on any atom is -0.478 e. The zero-order valence-electron chi connectivity index (χ0n) is 16.3. The molecule has 166 valence electrons. The molecule has 0 aliphatic heterocycles. The van der Waals surface area contributed by atoms with Crippen molar-refractivity contribution in [1.82, 2.24) is 9.55 Å². The first-order valence-electron chi connectivity index (χ1n) is 9.62. The summed E-state index contributed by atoms with van der Waals surface area (Å²) in [5.41, 5.74) is -0.909. The highest BCUT2D eigenvalue weighted by atomic mass is 35.5. The van der Waals surface area contributed by atoms with Crippen LogP contribution in [-0.4, -0.2) is 26.5 Å². The van der Waals surface area contributed by atoms with Crippen LogP contribution in [0.15, 0.2) is 36.7 Å². The Kier molecular flexibility index (Phi) is 5.54. The number of hydrogen-bond acceptors (Lipinski definition) is 3. The van der Waals surface area contributed by atoms with E-state index in [0.717, 1.165) is 29.3 Å². The van der Waals surface area contributed by atoms with E-state index in [1.807, 2.05) is 0 Å². The molecule has 1 aliphatic carbocycles. The zero-order valence-corrected chi connectivity index (χ0v) is 17.1. The van der Waals surface area contributed by atoms with Gasteiger partial charge in [-0.05, 0) is 49.4 Å². The molecule has 1 aromatic carbocycles. The van der Waals surface area contributed by atoms with Gasteiger partial charge in [0.05, 0.1) is 16.1 Å². The Labute approximate surface area is 184 Å². The van der Waals surface area contributed by atoms with Crippen LogP contribution in [0.5, 0.6) is 0 Å². The SMILES string of the molecule is O=C(O)c1ccc(-c2cn(C(=O)c3c(Cl)ccnc3C(F)(F)F)c3c2CCCC3)c(F)c1. The van der Waals surface area contributed by atoms with E-state index in [2.05, 4.69) is 4.98 Å². The fourth-order valence-corrected chi connectivity index (χ4v) is 4.21. The quantitative estimate of drug-likeness (QED) is 0.508. The molecule has 4 rings (SSSR count). The lowest BCUT2D eigenvalue weighted by Gasteiger charge is -2.17. The van der Waals surface area contributed by atoms with Crippen molar-refractivity contribution in [2.75, 3.05) is 0 Å². The van der Waals surface area contributed by atoms with E-state index in [1.165, 1.54) is 18.3 Å². The number of carbonyl (C=O) groups excluding carboxylic acids is 1. The summed E-state index contributed by atoms with van der Waals surface area (Å²) < 4.78 is 56.3. The predicted molar refractivity (Wildman–Crippen MR) is 107 cm³/mol. The average molecular weight is 467 g/mol. The molecule has 10 heteroatoms. The topological polar surface area (TPSA) is 72.2 Å². The first-order valence-corrected chi connectivity index (χ1v) is 10.00. The molecule has 0 atom stereocenters. The van der Waals surface area contributed by atoms with Crippen molar-refractivity contribution in [3.8, 4) is 11.1 Å². The van der Waals surface area contributed by atoms with Gasteiger partial charge in [0.15, 0.2) is 5.69 Å². The second-order valence-electron chi connectivity index (χ2n) is 7.36.